The molecule has 1 saturated carbocycles. The second kappa shape index (κ2) is 5.81. The molecule has 100 valence electrons. The Bertz CT molecular complexity index is 394. The number of nitrogens with two attached hydrogens (primary N) is 1. The SMILES string of the molecule is Cc1cc(CNC2CCCC2CN)cc(C)c1F. The molecule has 0 aromatic heterocycles. The van der Waals surface area contributed by atoms with E-state index < -0.39 is 0 Å². The van der Waals surface area contributed by atoms with Gasteiger partial charge in [0.05, 0.1) is 0 Å². The van der Waals surface area contributed by atoms with Crippen molar-refractivity contribution in [3.63, 3.8) is 0 Å². The van der Waals surface area contributed by atoms with Crippen LogP contribution in [0.15, 0.2) is 12.1 Å². The largest absolute Gasteiger partial charge is 0.330 e. The van der Waals surface area contributed by atoms with Crippen LogP contribution in [0.2, 0.25) is 0 Å². The van der Waals surface area contributed by atoms with Gasteiger partial charge in [-0.2, -0.15) is 0 Å². The van der Waals surface area contributed by atoms with E-state index in [1.807, 2.05) is 26.0 Å². The molecule has 0 aliphatic heterocycles. The number of benzene rings is 1. The Kier molecular flexibility index (Phi) is 4.36. The van der Waals surface area contributed by atoms with Crippen LogP contribution in [0.4, 0.5) is 4.39 Å². The van der Waals surface area contributed by atoms with Crippen molar-refractivity contribution in [1.29, 1.82) is 0 Å². The van der Waals surface area contributed by atoms with E-state index in [9.17, 15) is 4.39 Å². The molecule has 1 aromatic carbocycles. The predicted molar refractivity (Wildman–Crippen MR) is 72.9 cm³/mol. The highest BCUT2D eigenvalue weighted by atomic mass is 19.1. The summed E-state index contributed by atoms with van der Waals surface area (Å²) in [5.74, 6) is 0.520. The van der Waals surface area contributed by atoms with Gasteiger partial charge in [0.2, 0.25) is 0 Å². The first-order valence-electron chi connectivity index (χ1n) is 6.81. The van der Waals surface area contributed by atoms with Gasteiger partial charge in [-0.25, -0.2) is 4.39 Å². The van der Waals surface area contributed by atoms with E-state index in [1.165, 1.54) is 19.3 Å². The van der Waals surface area contributed by atoms with E-state index in [0.29, 0.717) is 12.0 Å². The maximum Gasteiger partial charge on any atom is 0.129 e. The first-order valence-corrected chi connectivity index (χ1v) is 6.81. The summed E-state index contributed by atoms with van der Waals surface area (Å²) in [5.41, 5.74) is 8.39. The lowest BCUT2D eigenvalue weighted by molar-refractivity contribution is 0.406. The molecule has 1 aliphatic carbocycles. The van der Waals surface area contributed by atoms with Crippen LogP contribution in [0.25, 0.3) is 0 Å². The van der Waals surface area contributed by atoms with Crippen LogP contribution in [0.3, 0.4) is 0 Å². The number of aryl methyl sites for hydroxylation is 2. The number of halogens is 1. The minimum absolute atomic E-state index is 0.0838. The minimum atomic E-state index is -0.0838. The van der Waals surface area contributed by atoms with Gasteiger partial charge in [0.15, 0.2) is 0 Å². The van der Waals surface area contributed by atoms with Gasteiger partial charge in [0.25, 0.3) is 0 Å². The van der Waals surface area contributed by atoms with Crippen LogP contribution in [-0.4, -0.2) is 12.6 Å². The molecule has 1 aliphatic rings. The van der Waals surface area contributed by atoms with Crippen molar-refractivity contribution in [3.05, 3.63) is 34.6 Å². The molecule has 3 heteroatoms. The number of nitrogens with one attached hydrogen (secondary N) is 1. The highest BCUT2D eigenvalue weighted by Crippen LogP contribution is 2.25. The van der Waals surface area contributed by atoms with Crippen molar-refractivity contribution in [2.75, 3.05) is 6.54 Å². The van der Waals surface area contributed by atoms with Crippen molar-refractivity contribution in [3.8, 4) is 0 Å². The van der Waals surface area contributed by atoms with Gasteiger partial charge in [-0.1, -0.05) is 18.6 Å². The molecular weight excluding hydrogens is 227 g/mol. The molecule has 2 atom stereocenters. The normalized spacial score (nSPS) is 23.6. The summed E-state index contributed by atoms with van der Waals surface area (Å²) >= 11 is 0. The lowest BCUT2D eigenvalue weighted by atomic mass is 10.0. The lowest BCUT2D eigenvalue weighted by Crippen LogP contribution is -2.35. The summed E-state index contributed by atoms with van der Waals surface area (Å²) in [5, 5.41) is 3.57. The van der Waals surface area contributed by atoms with E-state index in [4.69, 9.17) is 5.73 Å². The van der Waals surface area contributed by atoms with Crippen LogP contribution in [0.5, 0.6) is 0 Å². The predicted octanol–water partition coefficient (Wildman–Crippen LogP) is 2.66. The first kappa shape index (κ1) is 13.5. The van der Waals surface area contributed by atoms with Crippen LogP contribution >= 0.6 is 0 Å². The molecule has 0 heterocycles. The van der Waals surface area contributed by atoms with Crippen molar-refractivity contribution < 1.29 is 4.39 Å². The highest BCUT2D eigenvalue weighted by Gasteiger charge is 2.25. The zero-order valence-corrected chi connectivity index (χ0v) is 11.3. The van der Waals surface area contributed by atoms with Crippen LogP contribution in [-0.2, 0) is 6.54 Å². The minimum Gasteiger partial charge on any atom is -0.330 e. The average Bonchev–Trinajstić information content (AvgIpc) is 2.80. The van der Waals surface area contributed by atoms with Gasteiger partial charge in [0.1, 0.15) is 5.82 Å². The molecular formula is C15H23FN2. The number of rotatable bonds is 4. The van der Waals surface area contributed by atoms with Gasteiger partial charge in [-0.05, 0) is 55.8 Å². The Morgan fingerprint density at radius 2 is 1.94 bits per heavy atom. The third-order valence-corrected chi connectivity index (χ3v) is 4.03. The lowest BCUT2D eigenvalue weighted by Gasteiger charge is -2.20. The molecule has 0 saturated heterocycles. The van der Waals surface area contributed by atoms with E-state index in [1.54, 1.807) is 0 Å². The van der Waals surface area contributed by atoms with Crippen molar-refractivity contribution in [2.24, 2.45) is 11.7 Å². The molecule has 2 nitrogen and oxygen atoms in total. The standard InChI is InChI=1S/C15H23FN2/c1-10-6-12(7-11(2)15(10)16)9-18-14-5-3-4-13(14)8-17/h6-7,13-14,18H,3-5,8-9,17H2,1-2H3. The van der Waals surface area contributed by atoms with Crippen LogP contribution < -0.4 is 11.1 Å². The Morgan fingerprint density at radius 1 is 1.28 bits per heavy atom. The maximum absolute atomic E-state index is 13.5. The molecule has 2 unspecified atom stereocenters. The Morgan fingerprint density at radius 3 is 2.56 bits per heavy atom. The summed E-state index contributed by atoms with van der Waals surface area (Å²) in [4.78, 5) is 0. The molecule has 2 rings (SSSR count). The molecule has 1 fully saturated rings. The fourth-order valence-corrected chi connectivity index (χ4v) is 2.97. The first-order chi connectivity index (χ1) is 8.61. The third-order valence-electron chi connectivity index (χ3n) is 4.03. The fraction of sp³-hybridized carbons (Fsp3) is 0.600. The monoisotopic (exact) mass is 250 g/mol. The molecule has 0 spiro atoms. The smallest absolute Gasteiger partial charge is 0.129 e. The van der Waals surface area contributed by atoms with Crippen molar-refractivity contribution >= 4 is 0 Å². The third kappa shape index (κ3) is 2.90. The second-order valence-electron chi connectivity index (χ2n) is 5.46. The molecule has 1 aromatic rings. The quantitative estimate of drug-likeness (QED) is 0.862. The second-order valence-corrected chi connectivity index (χ2v) is 5.46. The van der Waals surface area contributed by atoms with Gasteiger partial charge in [-0.3, -0.25) is 0 Å². The Balaban J connectivity index is 1.98. The topological polar surface area (TPSA) is 38.0 Å². The molecule has 3 N–H and O–H groups in total. The Hall–Kier alpha value is -0.930. The van der Waals surface area contributed by atoms with E-state index in [2.05, 4.69) is 5.32 Å². The van der Waals surface area contributed by atoms with Gasteiger partial charge in [0, 0.05) is 12.6 Å². The summed E-state index contributed by atoms with van der Waals surface area (Å²) in [6, 6.07) is 4.39. The zero-order valence-electron chi connectivity index (χ0n) is 11.3. The van der Waals surface area contributed by atoms with Crippen LogP contribution in [0.1, 0.15) is 36.0 Å². The fourth-order valence-electron chi connectivity index (χ4n) is 2.97. The summed E-state index contributed by atoms with van der Waals surface area (Å²) < 4.78 is 13.5. The van der Waals surface area contributed by atoms with Crippen molar-refractivity contribution in [1.82, 2.24) is 5.32 Å². The summed E-state index contributed by atoms with van der Waals surface area (Å²) in [6.07, 6.45) is 3.71. The molecule has 0 amide bonds. The van der Waals surface area contributed by atoms with E-state index in [0.717, 1.165) is 29.8 Å². The average molecular weight is 250 g/mol. The zero-order chi connectivity index (χ0) is 13.1. The summed E-state index contributed by atoms with van der Waals surface area (Å²) in [7, 11) is 0. The Labute approximate surface area is 109 Å². The van der Waals surface area contributed by atoms with Gasteiger partial charge >= 0.3 is 0 Å². The number of hydrogen-bond acceptors (Lipinski definition) is 2. The van der Waals surface area contributed by atoms with E-state index >= 15 is 0 Å². The maximum atomic E-state index is 13.5. The molecule has 0 bridgehead atoms. The van der Waals surface area contributed by atoms with Crippen LogP contribution in [0, 0.1) is 25.6 Å². The molecule has 0 radical (unpaired) electrons. The van der Waals surface area contributed by atoms with Gasteiger partial charge < -0.3 is 11.1 Å². The van der Waals surface area contributed by atoms with Gasteiger partial charge in [-0.15, -0.1) is 0 Å². The summed E-state index contributed by atoms with van der Waals surface area (Å²) in [6.45, 7) is 5.22. The number of hydrogen-bond donors (Lipinski definition) is 2. The van der Waals surface area contributed by atoms with Crippen molar-refractivity contribution in [2.45, 2.75) is 45.7 Å². The van der Waals surface area contributed by atoms with E-state index in [-0.39, 0.29) is 5.82 Å². The molecule has 18 heavy (non-hydrogen) atoms. The highest BCUT2D eigenvalue weighted by molar-refractivity contribution is 5.30.